The van der Waals surface area contributed by atoms with Crippen molar-refractivity contribution >= 4 is 52.4 Å². The smallest absolute Gasteiger partial charge is 0.288 e. The maximum atomic E-state index is 11.0. The van der Waals surface area contributed by atoms with Crippen molar-refractivity contribution in [1.82, 2.24) is 10.7 Å². The molecule has 10 heteroatoms. The molecular weight excluding hydrogens is 375 g/mol. The van der Waals surface area contributed by atoms with Crippen molar-refractivity contribution in [2.24, 2.45) is 5.10 Å². The number of hydrogen-bond acceptors (Lipinski definition) is 5. The summed E-state index contributed by atoms with van der Waals surface area (Å²) in [7, 11) is 0. The molecule has 0 radical (unpaired) electrons. The van der Waals surface area contributed by atoms with Crippen LogP contribution in [0.4, 0.5) is 5.69 Å². The van der Waals surface area contributed by atoms with Gasteiger partial charge in [0.15, 0.2) is 5.11 Å². The summed E-state index contributed by atoms with van der Waals surface area (Å²) in [6, 6.07) is 5.85. The SMILES string of the molecule is CCNC(=S)NN=Cc1ccc(-c2cc([N+](=O)[O-])c(Cl)cc2Cl)o1. The number of halogens is 2. The van der Waals surface area contributed by atoms with Gasteiger partial charge in [0.1, 0.15) is 16.5 Å². The first-order valence-corrected chi connectivity index (χ1v) is 7.89. The summed E-state index contributed by atoms with van der Waals surface area (Å²) in [4.78, 5) is 10.4. The molecule has 2 N–H and O–H groups in total. The summed E-state index contributed by atoms with van der Waals surface area (Å²) < 4.78 is 5.56. The highest BCUT2D eigenvalue weighted by Crippen LogP contribution is 2.37. The Morgan fingerprint density at radius 1 is 1.42 bits per heavy atom. The van der Waals surface area contributed by atoms with Crippen LogP contribution in [-0.4, -0.2) is 22.8 Å². The Bertz CT molecular complexity index is 807. The molecule has 2 aromatic rings. The zero-order chi connectivity index (χ0) is 17.7. The van der Waals surface area contributed by atoms with Gasteiger partial charge in [-0.05, 0) is 37.3 Å². The minimum absolute atomic E-state index is 0.0387. The molecule has 0 aliphatic carbocycles. The molecule has 0 spiro atoms. The first-order chi connectivity index (χ1) is 11.4. The van der Waals surface area contributed by atoms with Crippen LogP contribution in [0.15, 0.2) is 33.8 Å². The van der Waals surface area contributed by atoms with Crippen LogP contribution in [0.5, 0.6) is 0 Å². The first kappa shape index (κ1) is 18.2. The van der Waals surface area contributed by atoms with Gasteiger partial charge in [0, 0.05) is 18.2 Å². The monoisotopic (exact) mass is 386 g/mol. The number of rotatable bonds is 5. The number of hydrogen-bond donors (Lipinski definition) is 2. The lowest BCUT2D eigenvalue weighted by atomic mass is 10.1. The fourth-order valence-corrected chi connectivity index (χ4v) is 2.53. The molecule has 24 heavy (non-hydrogen) atoms. The van der Waals surface area contributed by atoms with E-state index in [9.17, 15) is 10.1 Å². The Morgan fingerprint density at radius 2 is 2.17 bits per heavy atom. The van der Waals surface area contributed by atoms with Gasteiger partial charge in [-0.2, -0.15) is 5.10 Å². The Kier molecular flexibility index (Phi) is 6.13. The van der Waals surface area contributed by atoms with Crippen LogP contribution >= 0.6 is 35.4 Å². The van der Waals surface area contributed by atoms with Crippen molar-refractivity contribution in [1.29, 1.82) is 0 Å². The van der Waals surface area contributed by atoms with Crippen LogP contribution < -0.4 is 10.7 Å². The van der Waals surface area contributed by atoms with Gasteiger partial charge in [0.05, 0.1) is 16.2 Å². The molecule has 1 aromatic carbocycles. The lowest BCUT2D eigenvalue weighted by Crippen LogP contribution is -2.31. The summed E-state index contributed by atoms with van der Waals surface area (Å²) in [6.07, 6.45) is 1.42. The van der Waals surface area contributed by atoms with Gasteiger partial charge in [-0.15, -0.1) is 0 Å². The summed E-state index contributed by atoms with van der Waals surface area (Å²) >= 11 is 16.9. The molecule has 1 aromatic heterocycles. The first-order valence-electron chi connectivity index (χ1n) is 6.73. The van der Waals surface area contributed by atoms with Crippen LogP contribution in [0.3, 0.4) is 0 Å². The molecule has 0 saturated carbocycles. The molecule has 1 heterocycles. The summed E-state index contributed by atoms with van der Waals surface area (Å²) in [5, 5.41) is 18.4. The van der Waals surface area contributed by atoms with Gasteiger partial charge >= 0.3 is 0 Å². The average molecular weight is 387 g/mol. The lowest BCUT2D eigenvalue weighted by Gasteiger charge is -2.03. The van der Waals surface area contributed by atoms with Crippen molar-refractivity contribution < 1.29 is 9.34 Å². The van der Waals surface area contributed by atoms with E-state index < -0.39 is 4.92 Å². The van der Waals surface area contributed by atoms with Crippen LogP contribution in [0.1, 0.15) is 12.7 Å². The average Bonchev–Trinajstić information content (AvgIpc) is 2.95. The molecule has 0 aliphatic rings. The van der Waals surface area contributed by atoms with Crippen molar-refractivity contribution in [3.8, 4) is 11.3 Å². The molecule has 0 amide bonds. The maximum Gasteiger partial charge on any atom is 0.288 e. The predicted molar refractivity (Wildman–Crippen MR) is 97.8 cm³/mol. The van der Waals surface area contributed by atoms with Gasteiger partial charge in [-0.3, -0.25) is 15.5 Å². The molecule has 0 fully saturated rings. The van der Waals surface area contributed by atoms with Gasteiger partial charge in [0.2, 0.25) is 0 Å². The highest BCUT2D eigenvalue weighted by atomic mass is 35.5. The van der Waals surface area contributed by atoms with Crippen LogP contribution in [0.2, 0.25) is 10.0 Å². The number of nitro groups is 1. The van der Waals surface area contributed by atoms with E-state index in [1.165, 1.54) is 18.3 Å². The maximum absolute atomic E-state index is 11.0. The van der Waals surface area contributed by atoms with E-state index in [0.29, 0.717) is 28.7 Å². The third-order valence-electron chi connectivity index (χ3n) is 2.82. The number of nitrogens with zero attached hydrogens (tertiary/aromatic N) is 2. The number of benzene rings is 1. The Balaban J connectivity index is 2.22. The van der Waals surface area contributed by atoms with Crippen LogP contribution in [-0.2, 0) is 0 Å². The molecule has 7 nitrogen and oxygen atoms in total. The highest BCUT2D eigenvalue weighted by Gasteiger charge is 2.18. The number of nitro benzene ring substituents is 1. The zero-order valence-electron chi connectivity index (χ0n) is 12.4. The van der Waals surface area contributed by atoms with E-state index in [1.54, 1.807) is 12.1 Å². The van der Waals surface area contributed by atoms with E-state index in [1.807, 2.05) is 6.92 Å². The van der Waals surface area contributed by atoms with Crippen LogP contribution in [0, 0.1) is 10.1 Å². The number of furan rings is 1. The minimum Gasteiger partial charge on any atom is -0.455 e. The second-order valence-corrected chi connectivity index (χ2v) is 5.69. The van der Waals surface area contributed by atoms with E-state index in [2.05, 4.69) is 15.8 Å². The minimum atomic E-state index is -0.584. The van der Waals surface area contributed by atoms with Crippen molar-refractivity contribution in [3.05, 3.63) is 50.2 Å². The number of hydrazone groups is 1. The largest absolute Gasteiger partial charge is 0.455 e. The third-order valence-corrected chi connectivity index (χ3v) is 3.67. The Hall–Kier alpha value is -2.16. The molecule has 0 saturated heterocycles. The Labute approximate surface area is 152 Å². The number of thiocarbonyl (C=S) groups is 1. The number of nitrogens with one attached hydrogen (secondary N) is 2. The van der Waals surface area contributed by atoms with Gasteiger partial charge in [-0.25, -0.2) is 0 Å². The van der Waals surface area contributed by atoms with Crippen molar-refractivity contribution in [3.63, 3.8) is 0 Å². The lowest BCUT2D eigenvalue weighted by molar-refractivity contribution is -0.384. The summed E-state index contributed by atoms with van der Waals surface area (Å²) in [6.45, 7) is 2.59. The fraction of sp³-hybridized carbons (Fsp3) is 0.143. The molecule has 0 aliphatic heterocycles. The second-order valence-electron chi connectivity index (χ2n) is 4.47. The molecule has 0 bridgehead atoms. The fourth-order valence-electron chi connectivity index (χ4n) is 1.79. The summed E-state index contributed by atoms with van der Waals surface area (Å²) in [5.74, 6) is 0.779. The Morgan fingerprint density at radius 3 is 2.83 bits per heavy atom. The van der Waals surface area contributed by atoms with Crippen molar-refractivity contribution in [2.75, 3.05) is 6.54 Å². The predicted octanol–water partition coefficient (Wildman–Crippen LogP) is 3.98. The van der Waals surface area contributed by atoms with E-state index in [-0.39, 0.29) is 15.7 Å². The normalized spacial score (nSPS) is 10.8. The van der Waals surface area contributed by atoms with Gasteiger partial charge in [-0.1, -0.05) is 23.2 Å². The highest BCUT2D eigenvalue weighted by molar-refractivity contribution is 7.80. The quantitative estimate of drug-likeness (QED) is 0.349. The van der Waals surface area contributed by atoms with E-state index in [4.69, 9.17) is 39.8 Å². The molecule has 0 unspecified atom stereocenters. The molecule has 0 atom stereocenters. The van der Waals surface area contributed by atoms with Crippen LogP contribution in [0.25, 0.3) is 11.3 Å². The van der Waals surface area contributed by atoms with Gasteiger partial charge < -0.3 is 9.73 Å². The molecular formula is C14H12Cl2N4O3S. The van der Waals surface area contributed by atoms with E-state index in [0.717, 1.165) is 0 Å². The van der Waals surface area contributed by atoms with Gasteiger partial charge in [0.25, 0.3) is 5.69 Å². The van der Waals surface area contributed by atoms with E-state index >= 15 is 0 Å². The standard InChI is InChI=1S/C14H12Cl2N4O3S/c1-2-17-14(24)19-18-7-8-3-4-13(23-8)9-5-12(20(21)22)11(16)6-10(9)15/h3-7H,2H2,1H3,(H2,17,19,24). The third kappa shape index (κ3) is 4.44. The summed E-state index contributed by atoms with van der Waals surface area (Å²) in [5.41, 5.74) is 2.74. The van der Waals surface area contributed by atoms with Crippen molar-refractivity contribution in [2.45, 2.75) is 6.92 Å². The zero-order valence-corrected chi connectivity index (χ0v) is 14.7. The second kappa shape index (κ2) is 8.09. The molecule has 2 rings (SSSR count). The topological polar surface area (TPSA) is 92.7 Å². The molecule has 126 valence electrons.